The lowest BCUT2D eigenvalue weighted by Crippen LogP contribution is -2.21. The summed E-state index contributed by atoms with van der Waals surface area (Å²) in [4.78, 5) is 9.21. The third kappa shape index (κ3) is 2.64. The van der Waals surface area contributed by atoms with Crippen molar-refractivity contribution in [3.63, 3.8) is 0 Å². The van der Waals surface area contributed by atoms with Crippen molar-refractivity contribution in [1.82, 2.24) is 14.5 Å². The van der Waals surface area contributed by atoms with Crippen LogP contribution in [0, 0.1) is 0 Å². The van der Waals surface area contributed by atoms with Gasteiger partial charge >= 0.3 is 0 Å². The average molecular weight is 345 g/mol. The number of fused-ring (bicyclic) bond motifs is 1. The lowest BCUT2D eigenvalue weighted by Gasteiger charge is -2.25. The molecule has 0 N–H and O–H groups in total. The minimum Gasteiger partial charge on any atom is -0.381 e. The molecule has 6 heteroatoms. The molecular formula is C13H15BrClN3O. The normalized spacial score (nSPS) is 17.2. The van der Waals surface area contributed by atoms with Gasteiger partial charge < -0.3 is 9.30 Å². The van der Waals surface area contributed by atoms with Crippen molar-refractivity contribution in [3.8, 4) is 0 Å². The summed E-state index contributed by atoms with van der Waals surface area (Å²) < 4.78 is 8.65. The predicted molar refractivity (Wildman–Crippen MR) is 78.7 cm³/mol. The molecule has 0 aliphatic carbocycles. The maximum Gasteiger partial charge on any atom is 0.160 e. The largest absolute Gasteiger partial charge is 0.381 e. The van der Waals surface area contributed by atoms with E-state index in [4.69, 9.17) is 16.3 Å². The molecule has 0 aromatic carbocycles. The molecule has 0 unspecified atom stereocenters. The quantitative estimate of drug-likeness (QED) is 0.802. The van der Waals surface area contributed by atoms with Gasteiger partial charge in [0, 0.05) is 42.2 Å². The van der Waals surface area contributed by atoms with E-state index in [2.05, 4.69) is 30.5 Å². The number of aromatic nitrogens is 3. The highest BCUT2D eigenvalue weighted by molar-refractivity contribution is 9.10. The first-order valence-electron chi connectivity index (χ1n) is 6.45. The molecule has 3 heterocycles. The fraction of sp³-hybridized carbons (Fsp3) is 0.538. The first-order valence-corrected chi connectivity index (χ1v) is 7.78. The summed E-state index contributed by atoms with van der Waals surface area (Å²) in [5, 5.41) is 0. The first kappa shape index (κ1) is 13.3. The third-order valence-corrected chi connectivity index (χ3v) is 4.07. The summed E-state index contributed by atoms with van der Waals surface area (Å²) in [6.07, 6.45) is 4.62. The van der Waals surface area contributed by atoms with Crippen molar-refractivity contribution in [2.24, 2.45) is 0 Å². The van der Waals surface area contributed by atoms with Crippen molar-refractivity contribution in [1.29, 1.82) is 0 Å². The van der Waals surface area contributed by atoms with Gasteiger partial charge in [0.2, 0.25) is 0 Å². The van der Waals surface area contributed by atoms with E-state index in [1.54, 1.807) is 0 Å². The van der Waals surface area contributed by atoms with Gasteiger partial charge in [-0.25, -0.2) is 9.97 Å². The summed E-state index contributed by atoms with van der Waals surface area (Å²) in [7, 11) is 0. The van der Waals surface area contributed by atoms with Crippen LogP contribution in [-0.2, 0) is 11.2 Å². The highest BCUT2D eigenvalue weighted by Gasteiger charge is 2.22. The van der Waals surface area contributed by atoms with Gasteiger partial charge in [0.05, 0.1) is 0 Å². The molecule has 2 aromatic rings. The van der Waals surface area contributed by atoms with Gasteiger partial charge in [0.15, 0.2) is 5.65 Å². The fourth-order valence-corrected chi connectivity index (χ4v) is 3.08. The Morgan fingerprint density at radius 3 is 2.95 bits per heavy atom. The van der Waals surface area contributed by atoms with Gasteiger partial charge in [-0.2, -0.15) is 0 Å². The van der Waals surface area contributed by atoms with Gasteiger partial charge in [-0.3, -0.25) is 0 Å². The number of hydrogen-bond donors (Lipinski definition) is 0. The van der Waals surface area contributed by atoms with E-state index in [0.717, 1.165) is 53.9 Å². The second kappa shape index (κ2) is 5.77. The first-order chi connectivity index (χ1) is 9.29. The molecule has 0 saturated carbocycles. The second-order valence-corrected chi connectivity index (χ2v) is 5.97. The number of imidazole rings is 1. The average Bonchev–Trinajstić information content (AvgIpc) is 2.77. The standard InChI is InChI=1S/C13H15BrClN3O/c14-9-7-11-13(16-8-9)18(12(17-11)1-4-15)10-2-5-19-6-3-10/h7-8,10H,1-6H2. The number of hydrogen-bond acceptors (Lipinski definition) is 3. The van der Waals surface area contributed by atoms with E-state index in [9.17, 15) is 0 Å². The van der Waals surface area contributed by atoms with Gasteiger partial charge in [0.1, 0.15) is 11.3 Å². The number of aryl methyl sites for hydroxylation is 1. The number of pyridine rings is 1. The summed E-state index contributed by atoms with van der Waals surface area (Å²) in [5.41, 5.74) is 1.89. The zero-order valence-electron chi connectivity index (χ0n) is 10.5. The minimum atomic E-state index is 0.422. The lowest BCUT2D eigenvalue weighted by atomic mass is 10.1. The van der Waals surface area contributed by atoms with Crippen LogP contribution in [0.4, 0.5) is 0 Å². The molecule has 4 nitrogen and oxygen atoms in total. The van der Waals surface area contributed by atoms with Crippen molar-refractivity contribution in [2.45, 2.75) is 25.3 Å². The summed E-state index contributed by atoms with van der Waals surface area (Å²) >= 11 is 9.34. The number of ether oxygens (including phenoxy) is 1. The Morgan fingerprint density at radius 2 is 2.21 bits per heavy atom. The molecule has 19 heavy (non-hydrogen) atoms. The molecule has 0 spiro atoms. The minimum absolute atomic E-state index is 0.422. The van der Waals surface area contributed by atoms with E-state index in [1.807, 2.05) is 12.3 Å². The summed E-state index contributed by atoms with van der Waals surface area (Å²) in [5.74, 6) is 1.61. The fourth-order valence-electron chi connectivity index (χ4n) is 2.59. The maximum absolute atomic E-state index is 5.90. The molecule has 102 valence electrons. The van der Waals surface area contributed by atoms with Crippen LogP contribution in [0.3, 0.4) is 0 Å². The van der Waals surface area contributed by atoms with E-state index >= 15 is 0 Å². The van der Waals surface area contributed by atoms with E-state index in [1.165, 1.54) is 0 Å². The molecule has 0 bridgehead atoms. The van der Waals surface area contributed by atoms with Crippen LogP contribution in [0.5, 0.6) is 0 Å². The van der Waals surface area contributed by atoms with Crippen molar-refractivity contribution >= 4 is 38.7 Å². The Balaban J connectivity index is 2.09. The van der Waals surface area contributed by atoms with Gasteiger partial charge in [-0.1, -0.05) is 0 Å². The molecule has 0 atom stereocenters. The van der Waals surface area contributed by atoms with Crippen LogP contribution >= 0.6 is 27.5 Å². The van der Waals surface area contributed by atoms with Crippen LogP contribution in [-0.4, -0.2) is 33.6 Å². The van der Waals surface area contributed by atoms with Crippen LogP contribution in [0.25, 0.3) is 11.2 Å². The van der Waals surface area contributed by atoms with Gasteiger partial charge in [-0.15, -0.1) is 11.6 Å². The molecule has 0 amide bonds. The Hall–Kier alpha value is -0.650. The zero-order chi connectivity index (χ0) is 13.2. The number of rotatable bonds is 3. The van der Waals surface area contributed by atoms with Gasteiger partial charge in [0.25, 0.3) is 0 Å². The smallest absolute Gasteiger partial charge is 0.160 e. The molecule has 1 aliphatic heterocycles. The van der Waals surface area contributed by atoms with E-state index < -0.39 is 0 Å². The maximum atomic E-state index is 5.90. The Bertz CT molecular complexity index is 581. The third-order valence-electron chi connectivity index (χ3n) is 3.44. The van der Waals surface area contributed by atoms with Crippen LogP contribution < -0.4 is 0 Å². The summed E-state index contributed by atoms with van der Waals surface area (Å²) in [6.45, 7) is 1.61. The summed E-state index contributed by atoms with van der Waals surface area (Å²) in [6, 6.07) is 2.43. The second-order valence-electron chi connectivity index (χ2n) is 4.68. The van der Waals surface area contributed by atoms with E-state index in [0.29, 0.717) is 11.9 Å². The topological polar surface area (TPSA) is 39.9 Å². The SMILES string of the molecule is ClCCc1nc2cc(Br)cnc2n1C1CCOCC1. The van der Waals surface area contributed by atoms with Crippen molar-refractivity contribution in [2.75, 3.05) is 19.1 Å². The Kier molecular flexibility index (Phi) is 4.05. The number of alkyl halides is 1. The zero-order valence-corrected chi connectivity index (χ0v) is 12.8. The molecule has 0 radical (unpaired) electrons. The highest BCUT2D eigenvalue weighted by Crippen LogP contribution is 2.28. The van der Waals surface area contributed by atoms with Crippen molar-refractivity contribution < 1.29 is 4.74 Å². The van der Waals surface area contributed by atoms with Crippen LogP contribution in [0.1, 0.15) is 24.7 Å². The monoisotopic (exact) mass is 343 g/mol. The van der Waals surface area contributed by atoms with Gasteiger partial charge in [-0.05, 0) is 34.8 Å². The van der Waals surface area contributed by atoms with Crippen LogP contribution in [0.15, 0.2) is 16.7 Å². The Morgan fingerprint density at radius 1 is 1.42 bits per heavy atom. The van der Waals surface area contributed by atoms with Crippen molar-refractivity contribution in [3.05, 3.63) is 22.6 Å². The molecule has 1 saturated heterocycles. The molecule has 1 aliphatic rings. The highest BCUT2D eigenvalue weighted by atomic mass is 79.9. The van der Waals surface area contributed by atoms with E-state index in [-0.39, 0.29) is 0 Å². The molecular weight excluding hydrogens is 330 g/mol. The predicted octanol–water partition coefficient (Wildman–Crippen LogP) is 3.33. The Labute approximate surface area is 125 Å². The van der Waals surface area contributed by atoms with Crippen LogP contribution in [0.2, 0.25) is 0 Å². The number of halogens is 2. The molecule has 3 rings (SSSR count). The number of nitrogens with zero attached hydrogens (tertiary/aromatic N) is 3. The lowest BCUT2D eigenvalue weighted by molar-refractivity contribution is 0.0698. The molecule has 1 fully saturated rings. The molecule has 2 aromatic heterocycles.